The molecular weight excluding hydrogens is 406 g/mol. The topological polar surface area (TPSA) is 12.9 Å². The van der Waals surface area contributed by atoms with Crippen LogP contribution in [0, 0.1) is 0 Å². The zero-order valence-corrected chi connectivity index (χ0v) is 17.4. The van der Waals surface area contributed by atoms with Gasteiger partial charge in [0, 0.05) is 10.0 Å². The minimum atomic E-state index is 0. The number of hydrogen-bond acceptors (Lipinski definition) is 1. The summed E-state index contributed by atoms with van der Waals surface area (Å²) in [7, 11) is 0. The Hall–Kier alpha value is -2.45. The van der Waals surface area contributed by atoms with Gasteiger partial charge < -0.3 is 0 Å². The Kier molecular flexibility index (Phi) is 8.41. The largest absolute Gasteiger partial charge is 0.248 e. The zero-order valence-electron chi connectivity index (χ0n) is 15.8. The summed E-state index contributed by atoms with van der Waals surface area (Å²) in [5.41, 5.74) is 6.79. The summed E-state index contributed by atoms with van der Waals surface area (Å²) >= 11 is 3.52. The summed E-state index contributed by atoms with van der Waals surface area (Å²) in [4.78, 5) is 4.94. The van der Waals surface area contributed by atoms with Gasteiger partial charge in [0.05, 0.1) is 11.4 Å². The number of pyridine rings is 1. The molecule has 1 aromatic heterocycles. The van der Waals surface area contributed by atoms with Gasteiger partial charge >= 0.3 is 0 Å². The molecule has 1 aliphatic carbocycles. The fourth-order valence-corrected chi connectivity index (χ4v) is 3.31. The summed E-state index contributed by atoms with van der Waals surface area (Å²) in [5.74, 6) is 0. The van der Waals surface area contributed by atoms with Gasteiger partial charge in [0.1, 0.15) is 0 Å². The molecule has 2 aromatic carbocycles. The molecule has 0 bridgehead atoms. The lowest BCUT2D eigenvalue weighted by atomic mass is 9.98. The smallest absolute Gasteiger partial charge is 0.0715 e. The monoisotopic (exact) mass is 433 g/mol. The van der Waals surface area contributed by atoms with Gasteiger partial charge in [-0.15, -0.1) is 0 Å². The van der Waals surface area contributed by atoms with Gasteiger partial charge in [0.2, 0.25) is 0 Å². The number of benzene rings is 2. The second kappa shape index (κ2) is 10.8. The van der Waals surface area contributed by atoms with Crippen LogP contribution in [-0.4, -0.2) is 4.98 Å². The molecule has 1 nitrogen and oxygen atoms in total. The van der Waals surface area contributed by atoms with E-state index >= 15 is 0 Å². The highest BCUT2D eigenvalue weighted by atomic mass is 79.9. The first-order chi connectivity index (χ1) is 13.3. The van der Waals surface area contributed by atoms with Crippen LogP contribution in [0.25, 0.3) is 28.0 Å². The molecule has 0 spiro atoms. The Bertz CT molecular complexity index is 938. The van der Waals surface area contributed by atoms with E-state index in [9.17, 15) is 0 Å². The standard InChI is InChI=1S/C23H18BrN.C2H6.CH4/c24-21-13-11-17(12-14-21)20-15-22(18-7-3-1-4-8-18)25-23(16-20)19-9-5-2-6-10-19;1-2;/h1,3-5,7-16H,2,6H2;1-2H3;1H4. The predicted molar refractivity (Wildman–Crippen MR) is 127 cm³/mol. The maximum atomic E-state index is 4.94. The molecular formula is C26H28BrN. The van der Waals surface area contributed by atoms with E-state index < -0.39 is 0 Å². The van der Waals surface area contributed by atoms with Gasteiger partial charge in [-0.1, -0.05) is 97.9 Å². The van der Waals surface area contributed by atoms with E-state index in [0.29, 0.717) is 0 Å². The van der Waals surface area contributed by atoms with Crippen molar-refractivity contribution in [1.29, 1.82) is 0 Å². The van der Waals surface area contributed by atoms with Crippen LogP contribution in [-0.2, 0) is 0 Å². The molecule has 0 radical (unpaired) electrons. The molecule has 1 heterocycles. The molecule has 1 aliphatic rings. The van der Waals surface area contributed by atoms with Gasteiger partial charge in [-0.05, 0) is 53.8 Å². The Labute approximate surface area is 178 Å². The highest BCUT2D eigenvalue weighted by Gasteiger charge is 2.10. The number of halogens is 1. The van der Waals surface area contributed by atoms with Crippen LogP contribution < -0.4 is 0 Å². The average Bonchev–Trinajstić information content (AvgIpc) is 2.76. The Balaban J connectivity index is 0.000000906. The summed E-state index contributed by atoms with van der Waals surface area (Å²) < 4.78 is 1.09. The van der Waals surface area contributed by atoms with Crippen molar-refractivity contribution in [1.82, 2.24) is 4.98 Å². The normalized spacial score (nSPS) is 12.3. The molecule has 28 heavy (non-hydrogen) atoms. The van der Waals surface area contributed by atoms with Crippen LogP contribution in [0.15, 0.2) is 89.4 Å². The highest BCUT2D eigenvalue weighted by molar-refractivity contribution is 9.10. The van der Waals surface area contributed by atoms with Crippen molar-refractivity contribution in [2.24, 2.45) is 0 Å². The van der Waals surface area contributed by atoms with E-state index in [1.807, 2.05) is 19.9 Å². The summed E-state index contributed by atoms with van der Waals surface area (Å²) in [6.07, 6.45) is 8.89. The quantitative estimate of drug-likeness (QED) is 0.402. The Morgan fingerprint density at radius 1 is 0.750 bits per heavy atom. The number of hydrogen-bond donors (Lipinski definition) is 0. The van der Waals surface area contributed by atoms with Crippen LogP contribution in [0.4, 0.5) is 0 Å². The maximum Gasteiger partial charge on any atom is 0.0715 e. The average molecular weight is 434 g/mol. The van der Waals surface area contributed by atoms with E-state index in [1.54, 1.807) is 0 Å². The van der Waals surface area contributed by atoms with E-state index in [-0.39, 0.29) is 7.43 Å². The molecule has 0 saturated heterocycles. The molecule has 144 valence electrons. The molecule has 0 N–H and O–H groups in total. The van der Waals surface area contributed by atoms with Gasteiger partial charge in [-0.25, -0.2) is 4.98 Å². The fourth-order valence-electron chi connectivity index (χ4n) is 3.05. The molecule has 4 rings (SSSR count). The number of nitrogens with zero attached hydrogens (tertiary/aromatic N) is 1. The van der Waals surface area contributed by atoms with Crippen LogP contribution in [0.1, 0.15) is 39.8 Å². The minimum absolute atomic E-state index is 0. The molecule has 0 unspecified atom stereocenters. The van der Waals surface area contributed by atoms with Gasteiger partial charge in [0.25, 0.3) is 0 Å². The van der Waals surface area contributed by atoms with E-state index in [1.165, 1.54) is 16.7 Å². The van der Waals surface area contributed by atoms with Crippen molar-refractivity contribution in [2.75, 3.05) is 0 Å². The lowest BCUT2D eigenvalue weighted by Gasteiger charge is -2.12. The number of aromatic nitrogens is 1. The molecule has 0 saturated carbocycles. The summed E-state index contributed by atoms with van der Waals surface area (Å²) in [5, 5.41) is 0. The van der Waals surface area contributed by atoms with Gasteiger partial charge in [-0.2, -0.15) is 0 Å². The van der Waals surface area contributed by atoms with Crippen LogP contribution in [0.3, 0.4) is 0 Å². The zero-order chi connectivity index (χ0) is 19.1. The van der Waals surface area contributed by atoms with E-state index in [0.717, 1.165) is 34.3 Å². The maximum absolute atomic E-state index is 4.94. The van der Waals surface area contributed by atoms with E-state index in [4.69, 9.17) is 4.98 Å². The van der Waals surface area contributed by atoms with Crippen molar-refractivity contribution in [2.45, 2.75) is 34.1 Å². The van der Waals surface area contributed by atoms with Crippen molar-refractivity contribution in [3.63, 3.8) is 0 Å². The third kappa shape index (κ3) is 5.30. The molecule has 0 amide bonds. The van der Waals surface area contributed by atoms with Gasteiger partial charge in [-0.3, -0.25) is 0 Å². The number of rotatable bonds is 3. The van der Waals surface area contributed by atoms with Crippen molar-refractivity contribution in [3.8, 4) is 22.4 Å². The Morgan fingerprint density at radius 2 is 1.43 bits per heavy atom. The second-order valence-corrected chi connectivity index (χ2v) is 7.05. The lowest BCUT2D eigenvalue weighted by molar-refractivity contribution is 1.04. The molecule has 3 aromatic rings. The SMILES string of the molecule is Brc1ccc(-c2cc(C3=CCCC=C3)nc(-c3ccccc3)c2)cc1.C.CC. The molecule has 0 fully saturated rings. The van der Waals surface area contributed by atoms with Crippen LogP contribution in [0.5, 0.6) is 0 Å². The first-order valence-corrected chi connectivity index (χ1v) is 10.3. The first-order valence-electron chi connectivity index (χ1n) is 9.50. The lowest BCUT2D eigenvalue weighted by Crippen LogP contribution is -1.95. The molecule has 0 aliphatic heterocycles. The van der Waals surface area contributed by atoms with Crippen LogP contribution in [0.2, 0.25) is 0 Å². The third-order valence-electron chi connectivity index (χ3n) is 4.36. The Morgan fingerprint density at radius 3 is 2.07 bits per heavy atom. The van der Waals surface area contributed by atoms with E-state index in [2.05, 4.69) is 94.8 Å². The molecule has 0 atom stereocenters. The second-order valence-electron chi connectivity index (χ2n) is 6.14. The van der Waals surface area contributed by atoms with Gasteiger partial charge in [0.15, 0.2) is 0 Å². The summed E-state index contributed by atoms with van der Waals surface area (Å²) in [6, 6.07) is 23.2. The minimum Gasteiger partial charge on any atom is -0.248 e. The predicted octanol–water partition coefficient (Wildman–Crippen LogP) is 8.57. The van der Waals surface area contributed by atoms with Crippen molar-refractivity contribution in [3.05, 3.63) is 95.1 Å². The van der Waals surface area contributed by atoms with Crippen LogP contribution >= 0.6 is 15.9 Å². The van der Waals surface area contributed by atoms with Crippen molar-refractivity contribution >= 4 is 21.5 Å². The van der Waals surface area contributed by atoms with Crippen molar-refractivity contribution < 1.29 is 0 Å². The molecule has 2 heteroatoms. The number of allylic oxidation sites excluding steroid dienone is 4. The summed E-state index contributed by atoms with van der Waals surface area (Å²) in [6.45, 7) is 4.00. The fraction of sp³-hybridized carbons (Fsp3) is 0.192. The first kappa shape index (κ1) is 21.8. The highest BCUT2D eigenvalue weighted by Crippen LogP contribution is 2.30. The third-order valence-corrected chi connectivity index (χ3v) is 4.89.